The van der Waals surface area contributed by atoms with Gasteiger partial charge in [0.2, 0.25) is 0 Å². The van der Waals surface area contributed by atoms with Crippen LogP contribution in [-0.2, 0) is 22.9 Å². The van der Waals surface area contributed by atoms with Crippen LogP contribution in [0.2, 0.25) is 18.1 Å². The number of aryl methyl sites for hydroxylation is 3. The van der Waals surface area contributed by atoms with Gasteiger partial charge in [-0.3, -0.25) is 4.79 Å². The van der Waals surface area contributed by atoms with Crippen molar-refractivity contribution >= 4 is 25.3 Å². The highest BCUT2D eigenvalue weighted by atomic mass is 28.4. The first-order chi connectivity index (χ1) is 14.8. The molecule has 1 aromatic heterocycles. The number of aliphatic carboxylic acids is 1. The molecule has 7 heteroatoms. The molecule has 172 valence electrons. The summed E-state index contributed by atoms with van der Waals surface area (Å²) in [4.78, 5) is 11.8. The Morgan fingerprint density at radius 2 is 1.88 bits per heavy atom. The number of aromatic nitrogens is 3. The molecule has 0 saturated heterocycles. The third kappa shape index (κ3) is 4.78. The summed E-state index contributed by atoms with van der Waals surface area (Å²) < 4.78 is 8.20. The Labute approximate surface area is 191 Å². The van der Waals surface area contributed by atoms with Gasteiger partial charge in [-0.1, -0.05) is 50.3 Å². The quantitative estimate of drug-likeness (QED) is 0.463. The van der Waals surface area contributed by atoms with Gasteiger partial charge < -0.3 is 9.53 Å². The van der Waals surface area contributed by atoms with Crippen LogP contribution in [0.3, 0.4) is 0 Å². The van der Waals surface area contributed by atoms with E-state index in [-0.39, 0.29) is 17.4 Å². The highest BCUT2D eigenvalue weighted by molar-refractivity contribution is 6.74. The summed E-state index contributed by atoms with van der Waals surface area (Å²) in [5.74, 6) is -1.10. The van der Waals surface area contributed by atoms with Gasteiger partial charge in [0.15, 0.2) is 8.32 Å². The number of rotatable bonds is 7. The van der Waals surface area contributed by atoms with Crippen LogP contribution in [0.25, 0.3) is 11.0 Å². The Morgan fingerprint density at radius 3 is 2.50 bits per heavy atom. The lowest BCUT2D eigenvalue weighted by atomic mass is 9.84. The normalized spacial score (nSPS) is 13.5. The molecule has 0 unspecified atom stereocenters. The molecule has 1 N–H and O–H groups in total. The summed E-state index contributed by atoms with van der Waals surface area (Å²) >= 11 is 0. The van der Waals surface area contributed by atoms with Crippen molar-refractivity contribution in [2.45, 2.75) is 71.7 Å². The third-order valence-electron chi connectivity index (χ3n) is 7.00. The maximum Gasteiger partial charge on any atom is 0.304 e. The first kappa shape index (κ1) is 24.1. The molecule has 3 rings (SSSR count). The second kappa shape index (κ2) is 8.79. The monoisotopic (exact) mass is 453 g/mol. The molecule has 0 bridgehead atoms. The minimum absolute atomic E-state index is 0.0121. The summed E-state index contributed by atoms with van der Waals surface area (Å²) in [5.41, 5.74) is 6.95. The minimum Gasteiger partial charge on any atom is -0.481 e. The summed E-state index contributed by atoms with van der Waals surface area (Å²) in [6, 6.07) is 10.2. The Morgan fingerprint density at radius 1 is 1.19 bits per heavy atom. The molecule has 0 aliphatic rings. The topological polar surface area (TPSA) is 77.2 Å². The summed E-state index contributed by atoms with van der Waals surface area (Å²) in [5, 5.41) is 18.2. The van der Waals surface area contributed by atoms with Crippen LogP contribution in [-0.4, -0.2) is 34.4 Å². The SMILES string of the molecule is Cc1ccc([C@@H](CC(=O)O)c2ccc3c(nnn3C)c2C)cc1CO[Si](C)(C)C(C)(C)C. The number of hydrogen-bond acceptors (Lipinski definition) is 4. The molecule has 0 fully saturated rings. The van der Waals surface area contributed by atoms with Crippen molar-refractivity contribution in [3.8, 4) is 0 Å². The van der Waals surface area contributed by atoms with Crippen LogP contribution < -0.4 is 0 Å². The molecular weight excluding hydrogens is 418 g/mol. The Balaban J connectivity index is 2.01. The smallest absolute Gasteiger partial charge is 0.304 e. The highest BCUT2D eigenvalue weighted by Gasteiger charge is 2.37. The zero-order chi connectivity index (χ0) is 23.8. The molecular formula is C25H35N3O3Si. The molecule has 0 amide bonds. The first-order valence-electron chi connectivity index (χ1n) is 11.1. The number of carboxylic acids is 1. The fraction of sp³-hybridized carbons (Fsp3) is 0.480. The summed E-state index contributed by atoms with van der Waals surface area (Å²) in [6.45, 7) is 15.8. The molecule has 0 aliphatic heterocycles. The van der Waals surface area contributed by atoms with Crippen LogP contribution in [0, 0.1) is 13.8 Å². The van der Waals surface area contributed by atoms with Gasteiger partial charge in [-0.15, -0.1) is 5.10 Å². The Bertz CT molecular complexity index is 1150. The van der Waals surface area contributed by atoms with Crippen molar-refractivity contribution < 1.29 is 14.3 Å². The van der Waals surface area contributed by atoms with Crippen LogP contribution in [0.5, 0.6) is 0 Å². The zero-order valence-corrected chi connectivity index (χ0v) is 21.5. The van der Waals surface area contributed by atoms with Crippen molar-refractivity contribution in [3.63, 3.8) is 0 Å². The average Bonchev–Trinajstić information content (AvgIpc) is 3.07. The summed E-state index contributed by atoms with van der Waals surface area (Å²) in [7, 11) is -0.0352. The van der Waals surface area contributed by atoms with Crippen molar-refractivity contribution in [1.29, 1.82) is 0 Å². The number of fused-ring (bicyclic) bond motifs is 1. The van der Waals surface area contributed by atoms with Gasteiger partial charge in [-0.05, 0) is 65.9 Å². The lowest BCUT2D eigenvalue weighted by molar-refractivity contribution is -0.137. The van der Waals surface area contributed by atoms with E-state index in [0.717, 1.165) is 38.9 Å². The predicted molar refractivity (Wildman–Crippen MR) is 131 cm³/mol. The second-order valence-electron chi connectivity index (χ2n) is 10.2. The van der Waals surface area contributed by atoms with Gasteiger partial charge in [0.05, 0.1) is 18.5 Å². The highest BCUT2D eigenvalue weighted by Crippen LogP contribution is 2.38. The molecule has 0 saturated carbocycles. The van der Waals surface area contributed by atoms with E-state index in [1.54, 1.807) is 4.68 Å². The van der Waals surface area contributed by atoms with Crippen molar-refractivity contribution in [2.75, 3.05) is 0 Å². The van der Waals surface area contributed by atoms with E-state index in [0.29, 0.717) is 6.61 Å². The van der Waals surface area contributed by atoms with E-state index in [1.165, 1.54) is 0 Å². The van der Waals surface area contributed by atoms with Crippen LogP contribution in [0.15, 0.2) is 30.3 Å². The maximum atomic E-state index is 11.8. The molecule has 0 aliphatic carbocycles. The first-order valence-corrected chi connectivity index (χ1v) is 14.0. The molecule has 3 aromatic rings. The van der Waals surface area contributed by atoms with Crippen molar-refractivity contribution in [2.24, 2.45) is 7.05 Å². The van der Waals surface area contributed by atoms with Gasteiger partial charge in [0.1, 0.15) is 5.52 Å². The maximum absolute atomic E-state index is 11.8. The molecule has 6 nitrogen and oxygen atoms in total. The molecule has 1 heterocycles. The van der Waals surface area contributed by atoms with Gasteiger partial charge in [0.25, 0.3) is 0 Å². The van der Waals surface area contributed by atoms with E-state index < -0.39 is 14.3 Å². The number of benzene rings is 2. The van der Waals surface area contributed by atoms with Gasteiger partial charge in [-0.2, -0.15) is 0 Å². The fourth-order valence-corrected chi connectivity index (χ4v) is 4.70. The van der Waals surface area contributed by atoms with Crippen LogP contribution >= 0.6 is 0 Å². The number of carbonyl (C=O) groups is 1. The molecule has 0 radical (unpaired) electrons. The van der Waals surface area contributed by atoms with Crippen LogP contribution in [0.4, 0.5) is 0 Å². The summed E-state index contributed by atoms with van der Waals surface area (Å²) in [6.07, 6.45) is 0.0121. The Kier molecular flexibility index (Phi) is 6.63. The number of hydrogen-bond donors (Lipinski definition) is 1. The van der Waals surface area contributed by atoms with Gasteiger partial charge in [-0.25, -0.2) is 4.68 Å². The van der Waals surface area contributed by atoms with Crippen molar-refractivity contribution in [1.82, 2.24) is 15.0 Å². The number of carboxylic acid groups (broad SMARTS) is 1. The largest absolute Gasteiger partial charge is 0.481 e. The predicted octanol–water partition coefficient (Wildman–Crippen LogP) is 5.71. The lowest BCUT2D eigenvalue weighted by Crippen LogP contribution is -2.40. The fourth-order valence-electron chi connectivity index (χ4n) is 3.75. The van der Waals surface area contributed by atoms with Gasteiger partial charge >= 0.3 is 5.97 Å². The minimum atomic E-state index is -1.89. The van der Waals surface area contributed by atoms with E-state index in [1.807, 2.05) is 32.2 Å². The molecule has 32 heavy (non-hydrogen) atoms. The lowest BCUT2D eigenvalue weighted by Gasteiger charge is -2.36. The van der Waals surface area contributed by atoms with E-state index in [9.17, 15) is 9.90 Å². The molecule has 1 atom stereocenters. The van der Waals surface area contributed by atoms with E-state index in [4.69, 9.17) is 4.43 Å². The molecule has 0 spiro atoms. The second-order valence-corrected chi connectivity index (χ2v) is 15.1. The van der Waals surface area contributed by atoms with Crippen LogP contribution in [0.1, 0.15) is 60.9 Å². The Hall–Kier alpha value is -2.51. The van der Waals surface area contributed by atoms with Crippen molar-refractivity contribution in [3.05, 3.63) is 58.1 Å². The standard InChI is InChI=1S/C25H35N3O3Si/c1-16-9-10-18(13-19(16)15-31-32(7,8)25(3,4)5)21(14-23(29)30)20-11-12-22-24(17(20)2)26-27-28(22)6/h9-13,21H,14-15H2,1-8H3,(H,29,30)/t21-/m1/s1. The van der Waals surface area contributed by atoms with Gasteiger partial charge in [0, 0.05) is 13.0 Å². The zero-order valence-electron chi connectivity index (χ0n) is 20.5. The third-order valence-corrected chi connectivity index (χ3v) is 11.5. The van der Waals surface area contributed by atoms with E-state index >= 15 is 0 Å². The average molecular weight is 454 g/mol. The number of nitrogens with zero attached hydrogens (tertiary/aromatic N) is 3. The van der Waals surface area contributed by atoms with E-state index in [2.05, 4.69) is 63.2 Å². The molecule has 2 aromatic carbocycles.